The lowest BCUT2D eigenvalue weighted by Crippen LogP contribution is -2.30. The summed E-state index contributed by atoms with van der Waals surface area (Å²) < 4.78 is 21.6. The van der Waals surface area contributed by atoms with E-state index in [0.29, 0.717) is 6.54 Å². The van der Waals surface area contributed by atoms with Crippen LogP contribution in [0.4, 0.5) is 0 Å². The molecule has 0 saturated carbocycles. The van der Waals surface area contributed by atoms with Gasteiger partial charge in [-0.2, -0.15) is 0 Å². The molecule has 0 aliphatic carbocycles. The van der Waals surface area contributed by atoms with Gasteiger partial charge in [0, 0.05) is 25.8 Å². The Labute approximate surface area is 79.4 Å². The highest BCUT2D eigenvalue weighted by Gasteiger charge is 2.06. The summed E-state index contributed by atoms with van der Waals surface area (Å²) in [4.78, 5) is 4.26. The van der Waals surface area contributed by atoms with Gasteiger partial charge in [-0.15, -0.1) is 0 Å². The van der Waals surface area contributed by atoms with Gasteiger partial charge in [0.05, 0.1) is 11.6 Å². The lowest BCUT2D eigenvalue weighted by atomic mass is 10.2. The maximum Gasteiger partial charge on any atom is 0.149 e. The van der Waals surface area contributed by atoms with Crippen molar-refractivity contribution in [3.8, 4) is 0 Å². The Balaban J connectivity index is 2.22. The van der Waals surface area contributed by atoms with Gasteiger partial charge in [-0.3, -0.25) is 4.99 Å². The zero-order valence-electron chi connectivity index (χ0n) is 7.91. The third kappa shape index (κ3) is 4.87. The molecule has 1 rings (SSSR count). The maximum absolute atomic E-state index is 10.8. The number of amidine groups is 1. The van der Waals surface area contributed by atoms with E-state index in [1.54, 1.807) is 0 Å². The van der Waals surface area contributed by atoms with Gasteiger partial charge in [0.25, 0.3) is 0 Å². The first kappa shape index (κ1) is 10.5. The van der Waals surface area contributed by atoms with Gasteiger partial charge in [0.2, 0.25) is 0 Å². The molecule has 0 radical (unpaired) electrons. The molecule has 5 heteroatoms. The zero-order chi connectivity index (χ0) is 9.73. The third-order valence-electron chi connectivity index (χ3n) is 1.93. The number of sulfone groups is 1. The summed E-state index contributed by atoms with van der Waals surface area (Å²) in [5.41, 5.74) is 0. The molecule has 0 bridgehead atoms. The Bertz CT molecular complexity index is 283. The van der Waals surface area contributed by atoms with Crippen molar-refractivity contribution in [1.82, 2.24) is 5.32 Å². The first-order valence-electron chi connectivity index (χ1n) is 4.53. The molecule has 1 aliphatic rings. The average Bonchev–Trinajstić information content (AvgIpc) is 2.04. The molecule has 0 amide bonds. The van der Waals surface area contributed by atoms with Gasteiger partial charge >= 0.3 is 0 Å². The van der Waals surface area contributed by atoms with Crippen LogP contribution in [0.2, 0.25) is 0 Å². The molecular weight excluding hydrogens is 188 g/mol. The van der Waals surface area contributed by atoms with Crippen molar-refractivity contribution >= 4 is 15.7 Å². The molecule has 0 aromatic carbocycles. The maximum atomic E-state index is 10.8. The second-order valence-electron chi connectivity index (χ2n) is 3.34. The fourth-order valence-electron chi connectivity index (χ4n) is 1.22. The van der Waals surface area contributed by atoms with Crippen molar-refractivity contribution in [3.05, 3.63) is 0 Å². The van der Waals surface area contributed by atoms with Gasteiger partial charge in [-0.05, 0) is 12.8 Å². The number of nitrogens with one attached hydrogen (secondary N) is 1. The number of hydrogen-bond acceptors (Lipinski definition) is 4. The van der Waals surface area contributed by atoms with Crippen molar-refractivity contribution in [2.45, 2.75) is 19.3 Å². The molecule has 76 valence electrons. The first-order chi connectivity index (χ1) is 6.08. The highest BCUT2D eigenvalue weighted by atomic mass is 32.2. The monoisotopic (exact) mass is 204 g/mol. The van der Waals surface area contributed by atoms with Gasteiger partial charge in [0.15, 0.2) is 0 Å². The summed E-state index contributed by atoms with van der Waals surface area (Å²) in [5, 5.41) is 3.05. The topological polar surface area (TPSA) is 58.5 Å². The Morgan fingerprint density at radius 2 is 2.23 bits per heavy atom. The Morgan fingerprint density at radius 1 is 1.46 bits per heavy atom. The van der Waals surface area contributed by atoms with E-state index in [1.807, 2.05) is 0 Å². The number of hydrogen-bond donors (Lipinski definition) is 1. The van der Waals surface area contributed by atoms with E-state index in [9.17, 15) is 8.42 Å². The van der Waals surface area contributed by atoms with Crippen molar-refractivity contribution in [3.63, 3.8) is 0 Å². The van der Waals surface area contributed by atoms with Crippen LogP contribution >= 0.6 is 0 Å². The molecule has 1 aliphatic heterocycles. The van der Waals surface area contributed by atoms with Gasteiger partial charge in [0.1, 0.15) is 9.84 Å². The van der Waals surface area contributed by atoms with E-state index in [4.69, 9.17) is 0 Å². The Kier molecular flexibility index (Phi) is 3.71. The van der Waals surface area contributed by atoms with Crippen LogP contribution in [-0.4, -0.2) is 39.4 Å². The van der Waals surface area contributed by atoms with Crippen molar-refractivity contribution in [2.24, 2.45) is 4.99 Å². The summed E-state index contributed by atoms with van der Waals surface area (Å²) in [5.74, 6) is 1.15. The lowest BCUT2D eigenvalue weighted by molar-refractivity contribution is 0.600. The van der Waals surface area contributed by atoms with Crippen molar-refractivity contribution < 1.29 is 8.42 Å². The summed E-state index contributed by atoms with van der Waals surface area (Å²) >= 11 is 0. The van der Waals surface area contributed by atoms with E-state index in [2.05, 4.69) is 10.3 Å². The van der Waals surface area contributed by atoms with Crippen LogP contribution in [0.3, 0.4) is 0 Å². The summed E-state index contributed by atoms with van der Waals surface area (Å²) in [6.45, 7) is 1.36. The molecule has 0 atom stereocenters. The van der Waals surface area contributed by atoms with Gasteiger partial charge in [-0.1, -0.05) is 0 Å². The Morgan fingerprint density at radius 3 is 2.77 bits per heavy atom. The highest BCUT2D eigenvalue weighted by molar-refractivity contribution is 7.90. The van der Waals surface area contributed by atoms with Crippen molar-refractivity contribution in [1.29, 1.82) is 0 Å². The van der Waals surface area contributed by atoms with E-state index in [1.165, 1.54) is 6.26 Å². The molecule has 0 aromatic rings. The minimum Gasteiger partial charge on any atom is -0.373 e. The fraction of sp³-hybridized carbons (Fsp3) is 0.875. The molecule has 0 saturated heterocycles. The number of nitrogens with zero attached hydrogens (tertiary/aromatic N) is 1. The minimum absolute atomic E-state index is 0.187. The third-order valence-corrected chi connectivity index (χ3v) is 2.87. The molecule has 0 unspecified atom stereocenters. The Hall–Kier alpha value is -0.580. The minimum atomic E-state index is -2.84. The van der Waals surface area contributed by atoms with E-state index < -0.39 is 9.84 Å². The lowest BCUT2D eigenvalue weighted by Gasteiger charge is -2.13. The van der Waals surface area contributed by atoms with Crippen molar-refractivity contribution in [2.75, 3.05) is 25.1 Å². The predicted octanol–water partition coefficient (Wildman–Crippen LogP) is 0.203. The van der Waals surface area contributed by atoms with Crippen LogP contribution in [0.1, 0.15) is 19.3 Å². The highest BCUT2D eigenvalue weighted by Crippen LogP contribution is 2.03. The summed E-state index contributed by atoms with van der Waals surface area (Å²) in [6.07, 6.45) is 4.52. The van der Waals surface area contributed by atoms with Gasteiger partial charge < -0.3 is 5.32 Å². The van der Waals surface area contributed by atoms with Crippen LogP contribution < -0.4 is 5.32 Å². The normalized spacial score (nSPS) is 18.1. The molecule has 0 fully saturated rings. The second-order valence-corrected chi connectivity index (χ2v) is 5.60. The molecule has 13 heavy (non-hydrogen) atoms. The standard InChI is InChI=1S/C8H16N2O2S/c1-13(11,12)7-6-10-8-4-2-3-5-9-8/h2-7H2,1H3,(H,9,10). The van der Waals surface area contributed by atoms with E-state index in [-0.39, 0.29) is 5.75 Å². The molecule has 4 nitrogen and oxygen atoms in total. The van der Waals surface area contributed by atoms with Crippen LogP contribution in [0, 0.1) is 0 Å². The summed E-state index contributed by atoms with van der Waals surface area (Å²) in [6, 6.07) is 0. The molecule has 0 spiro atoms. The van der Waals surface area contributed by atoms with Crippen LogP contribution in [0.25, 0.3) is 0 Å². The van der Waals surface area contributed by atoms with Crippen LogP contribution in [0.15, 0.2) is 4.99 Å². The molecule has 1 heterocycles. The SMILES string of the molecule is CS(=O)(=O)CCNC1=NCCCC1. The molecular formula is C8H16N2O2S. The van der Waals surface area contributed by atoms with Crippen LogP contribution in [-0.2, 0) is 9.84 Å². The zero-order valence-corrected chi connectivity index (χ0v) is 8.73. The van der Waals surface area contributed by atoms with Gasteiger partial charge in [-0.25, -0.2) is 8.42 Å². The first-order valence-corrected chi connectivity index (χ1v) is 6.59. The quantitative estimate of drug-likeness (QED) is 0.714. The molecule has 1 N–H and O–H groups in total. The van der Waals surface area contributed by atoms with E-state index in [0.717, 1.165) is 31.6 Å². The smallest absolute Gasteiger partial charge is 0.149 e. The summed E-state index contributed by atoms with van der Waals surface area (Å²) in [7, 11) is -2.84. The predicted molar refractivity (Wildman–Crippen MR) is 53.9 cm³/mol. The van der Waals surface area contributed by atoms with Crippen LogP contribution in [0.5, 0.6) is 0 Å². The number of rotatable bonds is 3. The number of aliphatic imine (C=N–C) groups is 1. The average molecular weight is 204 g/mol. The molecule has 0 aromatic heterocycles. The fourth-order valence-corrected chi connectivity index (χ4v) is 1.70. The largest absolute Gasteiger partial charge is 0.373 e. The second kappa shape index (κ2) is 4.60. The van der Waals surface area contributed by atoms with E-state index >= 15 is 0 Å².